The molecule has 1 aliphatic heterocycles. The van der Waals surface area contributed by atoms with Crippen molar-refractivity contribution in [1.82, 2.24) is 20.2 Å². The highest BCUT2D eigenvalue weighted by Gasteiger charge is 2.29. The molecular formula is C22H29N5O2. The van der Waals surface area contributed by atoms with Gasteiger partial charge < -0.3 is 20.5 Å². The summed E-state index contributed by atoms with van der Waals surface area (Å²) >= 11 is 0. The number of nitrogens with one attached hydrogen (secondary N) is 3. The largest absolute Gasteiger partial charge is 0.374 e. The van der Waals surface area contributed by atoms with Crippen LogP contribution in [-0.2, 0) is 11.2 Å². The Morgan fingerprint density at radius 2 is 2.17 bits per heavy atom. The van der Waals surface area contributed by atoms with E-state index in [2.05, 4.69) is 41.4 Å². The zero-order valence-electron chi connectivity index (χ0n) is 17.2. The highest BCUT2D eigenvalue weighted by Crippen LogP contribution is 2.20. The van der Waals surface area contributed by atoms with Crippen LogP contribution in [0.15, 0.2) is 47.5 Å². The molecule has 3 heterocycles. The summed E-state index contributed by atoms with van der Waals surface area (Å²) in [6.07, 6.45) is 7.84. The fraction of sp³-hybridized carbons (Fsp3) is 0.409. The second-order valence-electron chi connectivity index (χ2n) is 7.58. The molecule has 0 radical (unpaired) electrons. The number of aromatic amines is 1. The first-order valence-electron chi connectivity index (χ1n) is 10.1. The third-order valence-electron chi connectivity index (χ3n) is 4.89. The first-order valence-corrected chi connectivity index (χ1v) is 10.1. The maximum Gasteiger partial charge on any atom is 0.271 e. The van der Waals surface area contributed by atoms with Crippen molar-refractivity contribution in [3.63, 3.8) is 0 Å². The quantitative estimate of drug-likeness (QED) is 0.596. The Kier molecular flexibility index (Phi) is 6.82. The Morgan fingerprint density at radius 3 is 2.90 bits per heavy atom. The zero-order valence-corrected chi connectivity index (χ0v) is 17.2. The lowest BCUT2D eigenvalue weighted by atomic mass is 10.1. The van der Waals surface area contributed by atoms with E-state index in [9.17, 15) is 9.59 Å². The van der Waals surface area contributed by atoms with Crippen LogP contribution in [0.25, 0.3) is 11.3 Å². The van der Waals surface area contributed by atoms with Crippen molar-refractivity contribution in [3.8, 4) is 11.3 Å². The van der Waals surface area contributed by atoms with Gasteiger partial charge in [-0.25, -0.2) is 0 Å². The lowest BCUT2D eigenvalue weighted by Crippen LogP contribution is -2.57. The molecule has 1 fully saturated rings. The number of amides is 1. The summed E-state index contributed by atoms with van der Waals surface area (Å²) in [5.41, 5.74) is 3.20. The van der Waals surface area contributed by atoms with Crippen LogP contribution in [0.2, 0.25) is 0 Å². The minimum atomic E-state index is -0.176. The predicted molar refractivity (Wildman–Crippen MR) is 116 cm³/mol. The summed E-state index contributed by atoms with van der Waals surface area (Å²) in [6.45, 7) is 8.05. The van der Waals surface area contributed by atoms with E-state index in [1.54, 1.807) is 23.4 Å². The van der Waals surface area contributed by atoms with E-state index in [4.69, 9.17) is 0 Å². The van der Waals surface area contributed by atoms with Gasteiger partial charge in [0, 0.05) is 49.7 Å². The highest BCUT2D eigenvalue weighted by atomic mass is 16.2. The van der Waals surface area contributed by atoms with Crippen LogP contribution in [0.4, 0.5) is 5.69 Å². The van der Waals surface area contributed by atoms with E-state index in [1.807, 2.05) is 24.3 Å². The van der Waals surface area contributed by atoms with Gasteiger partial charge in [-0.2, -0.15) is 0 Å². The number of aryl methyl sites for hydroxylation is 1. The Bertz CT molecular complexity index is 929. The first kappa shape index (κ1) is 20.8. The maximum absolute atomic E-state index is 12.2. The number of hydrogen-bond acceptors (Lipinski definition) is 5. The van der Waals surface area contributed by atoms with Crippen LogP contribution in [0, 0.1) is 0 Å². The highest BCUT2D eigenvalue weighted by molar-refractivity contribution is 5.88. The van der Waals surface area contributed by atoms with E-state index < -0.39 is 0 Å². The van der Waals surface area contributed by atoms with Crippen LogP contribution >= 0.6 is 0 Å². The molecule has 0 atom stereocenters. The summed E-state index contributed by atoms with van der Waals surface area (Å²) in [4.78, 5) is 33.3. The Balaban J connectivity index is 1.58. The van der Waals surface area contributed by atoms with Crippen LogP contribution in [-0.4, -0.2) is 52.5 Å². The van der Waals surface area contributed by atoms with Gasteiger partial charge in [-0.05, 0) is 30.2 Å². The van der Waals surface area contributed by atoms with Gasteiger partial charge in [-0.1, -0.05) is 26.8 Å². The summed E-state index contributed by atoms with van der Waals surface area (Å²) in [7, 11) is 0. The normalized spacial score (nSPS) is 14.4. The van der Waals surface area contributed by atoms with Crippen LogP contribution in [0.5, 0.6) is 0 Å². The van der Waals surface area contributed by atoms with E-state index in [1.165, 1.54) is 5.56 Å². The summed E-state index contributed by atoms with van der Waals surface area (Å²) in [5, 5.41) is 6.49. The summed E-state index contributed by atoms with van der Waals surface area (Å²) in [6, 6.07) is 6.29. The molecule has 29 heavy (non-hydrogen) atoms. The van der Waals surface area contributed by atoms with Crippen LogP contribution < -0.4 is 16.2 Å². The van der Waals surface area contributed by atoms with Gasteiger partial charge in [-0.15, -0.1) is 0 Å². The minimum Gasteiger partial charge on any atom is -0.374 e. The number of likely N-dealkylation sites (tertiary alicyclic amines) is 1. The van der Waals surface area contributed by atoms with E-state index in [-0.39, 0.29) is 17.5 Å². The lowest BCUT2D eigenvalue weighted by Gasteiger charge is -2.39. The van der Waals surface area contributed by atoms with Crippen molar-refractivity contribution in [2.24, 2.45) is 0 Å². The molecule has 2 aromatic rings. The number of carbonyl (C=O) groups excluding carboxylic acids is 1. The van der Waals surface area contributed by atoms with Crippen LogP contribution in [0.3, 0.4) is 0 Å². The van der Waals surface area contributed by atoms with Crippen molar-refractivity contribution < 1.29 is 4.79 Å². The van der Waals surface area contributed by atoms with Crippen LogP contribution in [0.1, 0.15) is 26.3 Å². The number of aromatic nitrogens is 2. The molecule has 0 saturated carbocycles. The van der Waals surface area contributed by atoms with Gasteiger partial charge in [0.2, 0.25) is 5.91 Å². The van der Waals surface area contributed by atoms with Gasteiger partial charge in [0.25, 0.3) is 5.56 Å². The minimum absolute atomic E-state index is 0.00292. The number of carbonyl (C=O) groups is 1. The van der Waals surface area contributed by atoms with E-state index in [0.717, 1.165) is 17.7 Å². The van der Waals surface area contributed by atoms with Gasteiger partial charge in [0.15, 0.2) is 0 Å². The molecule has 1 saturated heterocycles. The first-order chi connectivity index (χ1) is 14.0. The molecule has 3 rings (SSSR count). The maximum atomic E-state index is 12.2. The van der Waals surface area contributed by atoms with E-state index in [0.29, 0.717) is 31.4 Å². The molecule has 0 aliphatic carbocycles. The fourth-order valence-corrected chi connectivity index (χ4v) is 3.13. The zero-order chi connectivity index (χ0) is 20.8. The molecule has 7 nitrogen and oxygen atoms in total. The summed E-state index contributed by atoms with van der Waals surface area (Å²) in [5.74, 6) is -0.00292. The smallest absolute Gasteiger partial charge is 0.271 e. The predicted octanol–water partition coefficient (Wildman–Crippen LogP) is 2.18. The molecule has 3 N–H and O–H groups in total. The average Bonchev–Trinajstić information content (AvgIpc) is 2.68. The number of anilines is 1. The second-order valence-corrected chi connectivity index (χ2v) is 7.58. The molecule has 7 heteroatoms. The topological polar surface area (TPSA) is 90.1 Å². The average molecular weight is 396 g/mol. The molecular weight excluding hydrogens is 366 g/mol. The monoisotopic (exact) mass is 395 g/mol. The SMILES string of the molecule is CCc1ccnc(-c2c[nH]c(=O)c(NC3CN(C(=O)/C=C/CNC(C)C)C3)c2)c1. The number of rotatable bonds is 8. The third-order valence-corrected chi connectivity index (χ3v) is 4.89. The molecule has 0 aromatic carbocycles. The Labute approximate surface area is 171 Å². The Morgan fingerprint density at radius 1 is 1.38 bits per heavy atom. The fourth-order valence-electron chi connectivity index (χ4n) is 3.13. The molecule has 154 valence electrons. The lowest BCUT2D eigenvalue weighted by molar-refractivity contribution is -0.129. The van der Waals surface area contributed by atoms with Gasteiger partial charge >= 0.3 is 0 Å². The van der Waals surface area contributed by atoms with Crippen molar-refractivity contribution in [3.05, 3.63) is 58.7 Å². The molecule has 0 bridgehead atoms. The third kappa shape index (κ3) is 5.54. The van der Waals surface area contributed by atoms with Crippen molar-refractivity contribution in [1.29, 1.82) is 0 Å². The number of H-pyrrole nitrogens is 1. The Hall–Kier alpha value is -2.93. The van der Waals surface area contributed by atoms with Crippen molar-refractivity contribution in [2.45, 2.75) is 39.3 Å². The van der Waals surface area contributed by atoms with Crippen molar-refractivity contribution >= 4 is 11.6 Å². The number of nitrogens with zero attached hydrogens (tertiary/aromatic N) is 2. The van der Waals surface area contributed by atoms with E-state index >= 15 is 0 Å². The van der Waals surface area contributed by atoms with Gasteiger partial charge in [0.05, 0.1) is 11.7 Å². The second kappa shape index (κ2) is 9.52. The standard InChI is InChI=1S/C22H29N5O2/c1-4-16-7-9-24-19(10-16)17-11-20(22(29)25-12-17)26-18-13-27(14-18)21(28)6-5-8-23-15(2)3/h5-7,9-12,15,18,23,26H,4,8,13-14H2,1-3H3,(H,25,29)/b6-5+. The van der Waals surface area contributed by atoms with Gasteiger partial charge in [0.1, 0.15) is 5.69 Å². The van der Waals surface area contributed by atoms with Gasteiger partial charge in [-0.3, -0.25) is 14.6 Å². The molecule has 0 spiro atoms. The molecule has 1 amide bonds. The molecule has 2 aromatic heterocycles. The number of hydrogen-bond donors (Lipinski definition) is 3. The molecule has 0 unspecified atom stereocenters. The summed E-state index contributed by atoms with van der Waals surface area (Å²) < 4.78 is 0. The number of pyridine rings is 2. The molecule has 1 aliphatic rings. The van der Waals surface area contributed by atoms with Crippen molar-refractivity contribution in [2.75, 3.05) is 25.0 Å².